The van der Waals surface area contributed by atoms with Gasteiger partial charge in [0.15, 0.2) is 0 Å². The zero-order valence-electron chi connectivity index (χ0n) is 8.46. The SMILES string of the molecule is [C]1=C2\C\C2=C2/C/C2=C2/C=CC=CC2\C=C/1. The number of hydrogen-bond acceptors (Lipinski definition) is 0. The second-order valence-electron chi connectivity index (χ2n) is 4.50. The number of rotatable bonds is 0. The quantitative estimate of drug-likeness (QED) is 0.550. The highest BCUT2D eigenvalue weighted by molar-refractivity contribution is 5.70. The zero-order valence-corrected chi connectivity index (χ0v) is 8.46. The van der Waals surface area contributed by atoms with Gasteiger partial charge in [-0.3, -0.25) is 0 Å². The molecule has 71 valence electrons. The zero-order chi connectivity index (χ0) is 9.83. The van der Waals surface area contributed by atoms with Gasteiger partial charge in [0.25, 0.3) is 0 Å². The Kier molecular flexibility index (Phi) is 1.29. The van der Waals surface area contributed by atoms with Crippen LogP contribution >= 0.6 is 0 Å². The van der Waals surface area contributed by atoms with Gasteiger partial charge >= 0.3 is 0 Å². The molecule has 0 aromatic carbocycles. The lowest BCUT2D eigenvalue weighted by atomic mass is 9.93. The van der Waals surface area contributed by atoms with Crippen molar-refractivity contribution in [2.75, 3.05) is 0 Å². The van der Waals surface area contributed by atoms with Crippen LogP contribution in [0.2, 0.25) is 0 Å². The van der Waals surface area contributed by atoms with Gasteiger partial charge in [-0.25, -0.2) is 0 Å². The van der Waals surface area contributed by atoms with Crippen LogP contribution in [0.5, 0.6) is 0 Å². The first-order chi connectivity index (χ1) is 7.43. The van der Waals surface area contributed by atoms with E-state index in [1.54, 1.807) is 16.7 Å². The van der Waals surface area contributed by atoms with Crippen molar-refractivity contribution in [2.24, 2.45) is 5.92 Å². The molecule has 1 radical (unpaired) electrons. The van der Waals surface area contributed by atoms with E-state index >= 15 is 0 Å². The molecule has 15 heavy (non-hydrogen) atoms. The average molecular weight is 191 g/mol. The molecule has 1 atom stereocenters. The highest BCUT2D eigenvalue weighted by Gasteiger charge is 2.37. The van der Waals surface area contributed by atoms with Crippen LogP contribution in [-0.4, -0.2) is 0 Å². The molecule has 0 bridgehead atoms. The molecule has 0 nitrogen and oxygen atoms in total. The van der Waals surface area contributed by atoms with Gasteiger partial charge in [0.05, 0.1) is 0 Å². The molecule has 2 saturated carbocycles. The molecule has 0 spiro atoms. The summed E-state index contributed by atoms with van der Waals surface area (Å²) >= 11 is 0. The van der Waals surface area contributed by atoms with Crippen LogP contribution in [0, 0.1) is 12.0 Å². The summed E-state index contributed by atoms with van der Waals surface area (Å²) in [5, 5.41) is 0. The Morgan fingerprint density at radius 3 is 3.00 bits per heavy atom. The summed E-state index contributed by atoms with van der Waals surface area (Å²) in [5.74, 6) is 0.480. The van der Waals surface area contributed by atoms with E-state index in [1.807, 2.05) is 0 Å². The Balaban J connectivity index is 1.93. The minimum atomic E-state index is 0.480. The molecule has 4 rings (SSSR count). The molecule has 0 heterocycles. The fourth-order valence-corrected chi connectivity index (χ4v) is 2.54. The molecule has 4 aliphatic carbocycles. The summed E-state index contributed by atoms with van der Waals surface area (Å²) in [5.41, 5.74) is 7.72. The van der Waals surface area contributed by atoms with Crippen LogP contribution in [0.15, 0.2) is 64.3 Å². The molecule has 0 amide bonds. The first-order valence-corrected chi connectivity index (χ1v) is 5.53. The third kappa shape index (κ3) is 1.08. The summed E-state index contributed by atoms with van der Waals surface area (Å²) in [6.07, 6.45) is 19.0. The minimum Gasteiger partial charge on any atom is -0.0732 e. The number of fused-ring (bicyclic) bond motifs is 3. The summed E-state index contributed by atoms with van der Waals surface area (Å²) in [6.45, 7) is 0. The van der Waals surface area contributed by atoms with Crippen molar-refractivity contribution in [2.45, 2.75) is 12.8 Å². The van der Waals surface area contributed by atoms with Gasteiger partial charge in [0.1, 0.15) is 0 Å². The van der Waals surface area contributed by atoms with Gasteiger partial charge in [-0.1, -0.05) is 36.5 Å². The first-order valence-electron chi connectivity index (χ1n) is 5.53. The van der Waals surface area contributed by atoms with Crippen molar-refractivity contribution in [1.29, 1.82) is 0 Å². The fourth-order valence-electron chi connectivity index (χ4n) is 2.54. The molecule has 0 saturated heterocycles. The van der Waals surface area contributed by atoms with Gasteiger partial charge < -0.3 is 0 Å². The highest BCUT2D eigenvalue weighted by atomic mass is 14.4. The van der Waals surface area contributed by atoms with Gasteiger partial charge in [0.2, 0.25) is 0 Å². The van der Waals surface area contributed by atoms with Crippen LogP contribution in [0.1, 0.15) is 12.8 Å². The van der Waals surface area contributed by atoms with E-state index in [1.165, 1.54) is 24.0 Å². The summed E-state index contributed by atoms with van der Waals surface area (Å²) in [7, 11) is 0. The monoisotopic (exact) mass is 191 g/mol. The van der Waals surface area contributed by atoms with Crippen molar-refractivity contribution in [1.82, 2.24) is 0 Å². The molecule has 0 aliphatic heterocycles. The normalized spacial score (nSPS) is 45.1. The minimum absolute atomic E-state index is 0.480. The second-order valence-corrected chi connectivity index (χ2v) is 4.50. The fraction of sp³-hybridized carbons (Fsp3) is 0.200. The van der Waals surface area contributed by atoms with E-state index in [0.717, 1.165) is 0 Å². The average Bonchev–Trinajstić information content (AvgIpc) is 3.10. The van der Waals surface area contributed by atoms with Gasteiger partial charge in [-0.05, 0) is 46.8 Å². The Hall–Kier alpha value is -1.56. The predicted octanol–water partition coefficient (Wildman–Crippen LogP) is 3.43. The van der Waals surface area contributed by atoms with Crippen LogP contribution in [0.3, 0.4) is 0 Å². The van der Waals surface area contributed by atoms with Crippen molar-refractivity contribution in [3.8, 4) is 0 Å². The summed E-state index contributed by atoms with van der Waals surface area (Å²) in [4.78, 5) is 0. The molecule has 2 fully saturated rings. The Labute approximate surface area is 89.7 Å². The van der Waals surface area contributed by atoms with Crippen LogP contribution in [-0.2, 0) is 0 Å². The van der Waals surface area contributed by atoms with E-state index in [9.17, 15) is 0 Å². The lowest BCUT2D eigenvalue weighted by Crippen LogP contribution is -1.97. The predicted molar refractivity (Wildman–Crippen MR) is 61.0 cm³/mol. The lowest BCUT2D eigenvalue weighted by Gasteiger charge is -2.11. The maximum absolute atomic E-state index is 3.38. The van der Waals surface area contributed by atoms with Gasteiger partial charge in [0, 0.05) is 5.92 Å². The molecule has 0 N–H and O–H groups in total. The molecular formula is C15H11. The van der Waals surface area contributed by atoms with Crippen LogP contribution in [0.25, 0.3) is 0 Å². The summed E-state index contributed by atoms with van der Waals surface area (Å²) < 4.78 is 0. The Morgan fingerprint density at radius 1 is 1.00 bits per heavy atom. The second kappa shape index (κ2) is 2.52. The maximum Gasteiger partial charge on any atom is 0.0208 e. The molecular weight excluding hydrogens is 180 g/mol. The first kappa shape index (κ1) is 7.70. The van der Waals surface area contributed by atoms with Gasteiger partial charge in [-0.2, -0.15) is 0 Å². The van der Waals surface area contributed by atoms with Crippen LogP contribution in [0.4, 0.5) is 0 Å². The lowest BCUT2D eigenvalue weighted by molar-refractivity contribution is 0.987. The smallest absolute Gasteiger partial charge is 0.0208 e. The highest BCUT2D eigenvalue weighted by Crippen LogP contribution is 2.54. The number of hydrogen-bond donors (Lipinski definition) is 0. The van der Waals surface area contributed by atoms with Crippen molar-refractivity contribution in [3.05, 3.63) is 70.4 Å². The Morgan fingerprint density at radius 2 is 2.00 bits per heavy atom. The molecule has 0 heteroatoms. The molecule has 0 aromatic heterocycles. The summed E-state index contributed by atoms with van der Waals surface area (Å²) in [6, 6.07) is 0. The third-order valence-corrected chi connectivity index (χ3v) is 3.52. The molecule has 0 aromatic rings. The van der Waals surface area contributed by atoms with E-state index in [4.69, 9.17) is 0 Å². The molecule has 4 aliphatic rings. The molecule has 1 unspecified atom stereocenters. The van der Waals surface area contributed by atoms with Crippen molar-refractivity contribution < 1.29 is 0 Å². The topological polar surface area (TPSA) is 0 Å². The standard InChI is InChI=1S/C15H11/c1-2-7-12-10(4-1)5-3-6-11-8-13(11)15-9-14(12)15/h1-5,7,10H,8-9H2/b5-3-,11-6?,14-12+,15-13-. The van der Waals surface area contributed by atoms with Crippen LogP contribution < -0.4 is 0 Å². The number of allylic oxidation sites excluding steroid dienone is 12. The van der Waals surface area contributed by atoms with E-state index in [0.29, 0.717) is 5.92 Å². The maximum atomic E-state index is 3.38. The van der Waals surface area contributed by atoms with E-state index in [2.05, 4.69) is 42.5 Å². The van der Waals surface area contributed by atoms with Crippen molar-refractivity contribution in [3.63, 3.8) is 0 Å². The van der Waals surface area contributed by atoms with E-state index in [-0.39, 0.29) is 0 Å². The largest absolute Gasteiger partial charge is 0.0732 e. The van der Waals surface area contributed by atoms with Crippen molar-refractivity contribution >= 4 is 0 Å². The Bertz CT molecular complexity index is 530. The third-order valence-electron chi connectivity index (χ3n) is 3.52. The van der Waals surface area contributed by atoms with Gasteiger partial charge in [-0.15, -0.1) is 0 Å². The van der Waals surface area contributed by atoms with E-state index < -0.39 is 0 Å².